The Morgan fingerprint density at radius 3 is 2.30 bits per heavy atom. The Balaban J connectivity index is 1.36. The van der Waals surface area contributed by atoms with Gasteiger partial charge >= 0.3 is 6.03 Å². The van der Waals surface area contributed by atoms with Gasteiger partial charge in [-0.2, -0.15) is 0 Å². The fourth-order valence-electron chi connectivity index (χ4n) is 3.97. The fourth-order valence-corrected chi connectivity index (χ4v) is 4.19. The average Bonchev–Trinajstić information content (AvgIpc) is 2.87. The highest BCUT2D eigenvalue weighted by Crippen LogP contribution is 2.23. The Kier molecular flexibility index (Phi) is 6.93. The summed E-state index contributed by atoms with van der Waals surface area (Å²) in [6, 6.07) is 11.1. The molecule has 0 saturated carbocycles. The highest BCUT2D eigenvalue weighted by atomic mass is 35.5. The molecule has 2 amide bonds. The van der Waals surface area contributed by atoms with Gasteiger partial charge in [-0.25, -0.2) is 18.6 Å². The Morgan fingerprint density at radius 1 is 0.865 bits per heavy atom. The second kappa shape index (κ2) is 10.5. The molecule has 0 unspecified atom stereocenters. The quantitative estimate of drug-likeness (QED) is 0.346. The Labute approximate surface area is 215 Å². The lowest BCUT2D eigenvalue weighted by Gasteiger charge is -2.27. The normalized spacial score (nSPS) is 13.4. The number of morpholine rings is 1. The molecule has 4 aromatic rings. The number of hydrogen-bond acceptors (Lipinski definition) is 6. The first kappa shape index (κ1) is 24.5. The smallest absolute Gasteiger partial charge is 0.323 e. The number of carbonyl (C=O) groups excluding carboxylic acids is 2. The van der Waals surface area contributed by atoms with Gasteiger partial charge in [0, 0.05) is 40.6 Å². The van der Waals surface area contributed by atoms with E-state index in [1.807, 2.05) is 0 Å². The molecule has 1 aromatic heterocycles. The van der Waals surface area contributed by atoms with Gasteiger partial charge < -0.3 is 20.3 Å². The van der Waals surface area contributed by atoms with Crippen LogP contribution in [0.25, 0.3) is 11.0 Å². The number of rotatable bonds is 5. The third kappa shape index (κ3) is 5.82. The van der Waals surface area contributed by atoms with Gasteiger partial charge in [0.1, 0.15) is 17.5 Å². The molecule has 0 aliphatic carbocycles. The van der Waals surface area contributed by atoms with Crippen LogP contribution in [0.3, 0.4) is 0 Å². The van der Waals surface area contributed by atoms with Gasteiger partial charge in [0.05, 0.1) is 30.4 Å². The number of fused-ring (bicyclic) bond motifs is 1. The van der Waals surface area contributed by atoms with Crippen molar-refractivity contribution in [2.45, 2.75) is 0 Å². The van der Waals surface area contributed by atoms with Gasteiger partial charge in [-0.05, 0) is 54.6 Å². The van der Waals surface area contributed by atoms with Crippen molar-refractivity contribution in [2.24, 2.45) is 0 Å². The molecule has 0 radical (unpaired) electrons. The van der Waals surface area contributed by atoms with Crippen LogP contribution in [0.15, 0.2) is 60.8 Å². The topological polar surface area (TPSA) is 96.5 Å². The summed E-state index contributed by atoms with van der Waals surface area (Å²) in [6.45, 7) is 2.58. The molecule has 1 fully saturated rings. The minimum Gasteiger partial charge on any atom is -0.378 e. The van der Waals surface area contributed by atoms with Crippen molar-refractivity contribution in [1.29, 1.82) is 0 Å². The van der Waals surface area contributed by atoms with Crippen molar-refractivity contribution in [3.05, 3.63) is 88.6 Å². The number of aromatic nitrogens is 2. The Morgan fingerprint density at radius 2 is 1.57 bits per heavy atom. The van der Waals surface area contributed by atoms with Crippen molar-refractivity contribution < 1.29 is 23.1 Å². The van der Waals surface area contributed by atoms with E-state index in [9.17, 15) is 18.4 Å². The van der Waals surface area contributed by atoms with Crippen LogP contribution in [-0.4, -0.2) is 48.1 Å². The average molecular weight is 524 g/mol. The predicted molar refractivity (Wildman–Crippen MR) is 136 cm³/mol. The minimum absolute atomic E-state index is 0.0285. The molecule has 3 aromatic carbocycles. The van der Waals surface area contributed by atoms with E-state index < -0.39 is 23.4 Å². The lowest BCUT2D eigenvalue weighted by atomic mass is 10.0. The third-order valence-electron chi connectivity index (χ3n) is 5.67. The molecular formula is C26H20ClF2N5O3. The maximum atomic E-state index is 14.4. The standard InChI is InChI=1S/C26H20ClF2N5O3/c27-17-10-19(29)13-21(11-17)32-26(36)31-20-8-16(7-18(28)12-20)25(35)15-1-2-22-23(9-15)33-24(14-30-22)34-3-5-37-6-4-34/h1-2,7-14H,3-6H2,(H2,31,32,36). The van der Waals surface area contributed by atoms with Crippen molar-refractivity contribution in [3.63, 3.8) is 0 Å². The molecule has 1 aliphatic heterocycles. The van der Waals surface area contributed by atoms with Gasteiger partial charge in [0.15, 0.2) is 5.78 Å². The van der Waals surface area contributed by atoms with Crippen molar-refractivity contribution in [2.75, 3.05) is 41.8 Å². The molecule has 2 N–H and O–H groups in total. The highest BCUT2D eigenvalue weighted by Gasteiger charge is 2.17. The van der Waals surface area contributed by atoms with Crippen LogP contribution in [-0.2, 0) is 4.74 Å². The van der Waals surface area contributed by atoms with Crippen molar-refractivity contribution >= 4 is 51.6 Å². The van der Waals surface area contributed by atoms with Crippen LogP contribution in [0.2, 0.25) is 5.02 Å². The van der Waals surface area contributed by atoms with Crippen LogP contribution in [0.5, 0.6) is 0 Å². The SMILES string of the molecule is O=C(Nc1cc(F)cc(Cl)c1)Nc1cc(F)cc(C(=O)c2ccc3ncc(N4CCOCC4)nc3c2)c1. The predicted octanol–water partition coefficient (Wildman–Crippen LogP) is 5.27. The van der Waals surface area contributed by atoms with Gasteiger partial charge in [-0.1, -0.05) is 11.6 Å². The zero-order valence-corrected chi connectivity index (χ0v) is 20.1. The number of halogens is 3. The molecule has 188 valence electrons. The first-order chi connectivity index (χ1) is 17.8. The molecule has 1 saturated heterocycles. The summed E-state index contributed by atoms with van der Waals surface area (Å²) >= 11 is 5.80. The number of anilines is 3. The summed E-state index contributed by atoms with van der Waals surface area (Å²) in [4.78, 5) is 36.7. The summed E-state index contributed by atoms with van der Waals surface area (Å²) in [5, 5.41) is 4.96. The number of nitrogens with zero attached hydrogens (tertiary/aromatic N) is 3. The van der Waals surface area contributed by atoms with Gasteiger partial charge in [-0.3, -0.25) is 9.78 Å². The molecule has 0 atom stereocenters. The van der Waals surface area contributed by atoms with E-state index in [1.54, 1.807) is 24.4 Å². The van der Waals surface area contributed by atoms with Crippen molar-refractivity contribution in [1.82, 2.24) is 9.97 Å². The second-order valence-corrected chi connectivity index (χ2v) is 8.76. The van der Waals surface area contributed by atoms with Gasteiger partial charge in [-0.15, -0.1) is 0 Å². The molecule has 8 nitrogen and oxygen atoms in total. The number of ether oxygens (including phenoxy) is 1. The monoisotopic (exact) mass is 523 g/mol. The maximum Gasteiger partial charge on any atom is 0.323 e. The van der Waals surface area contributed by atoms with Gasteiger partial charge in [0.25, 0.3) is 0 Å². The minimum atomic E-state index is -0.762. The summed E-state index contributed by atoms with van der Waals surface area (Å²) in [5.41, 5.74) is 1.61. The van der Waals surface area contributed by atoms with E-state index in [0.717, 1.165) is 24.3 Å². The number of ketones is 1. The molecule has 11 heteroatoms. The molecule has 0 spiro atoms. The van der Waals surface area contributed by atoms with E-state index in [-0.39, 0.29) is 27.5 Å². The number of benzene rings is 3. The van der Waals surface area contributed by atoms with Crippen LogP contribution in [0.4, 0.5) is 30.8 Å². The first-order valence-corrected chi connectivity index (χ1v) is 11.7. The molecule has 1 aliphatic rings. The highest BCUT2D eigenvalue weighted by molar-refractivity contribution is 6.31. The molecular weight excluding hydrogens is 504 g/mol. The second-order valence-electron chi connectivity index (χ2n) is 8.33. The number of urea groups is 1. The van der Waals surface area contributed by atoms with Gasteiger partial charge in [0.2, 0.25) is 0 Å². The number of carbonyl (C=O) groups is 2. The summed E-state index contributed by atoms with van der Waals surface area (Å²) in [6.07, 6.45) is 1.68. The molecule has 37 heavy (non-hydrogen) atoms. The van der Waals surface area contributed by atoms with Crippen LogP contribution in [0.1, 0.15) is 15.9 Å². The van der Waals surface area contributed by atoms with E-state index >= 15 is 0 Å². The van der Waals surface area contributed by atoms with Crippen LogP contribution >= 0.6 is 11.6 Å². The zero-order chi connectivity index (χ0) is 25.9. The summed E-state index contributed by atoms with van der Waals surface area (Å²) in [7, 11) is 0. The molecule has 2 heterocycles. The van der Waals surface area contributed by atoms with E-state index in [4.69, 9.17) is 16.3 Å². The van der Waals surface area contributed by atoms with E-state index in [1.165, 1.54) is 12.1 Å². The Hall–Kier alpha value is -4.15. The number of hydrogen-bond donors (Lipinski definition) is 2. The van der Waals surface area contributed by atoms with Crippen LogP contribution < -0.4 is 15.5 Å². The van der Waals surface area contributed by atoms with Crippen molar-refractivity contribution in [3.8, 4) is 0 Å². The molecule has 0 bridgehead atoms. The van der Waals surface area contributed by atoms with E-state index in [2.05, 4.69) is 25.5 Å². The lowest BCUT2D eigenvalue weighted by Crippen LogP contribution is -2.36. The first-order valence-electron chi connectivity index (χ1n) is 11.3. The largest absolute Gasteiger partial charge is 0.378 e. The number of amides is 2. The third-order valence-corrected chi connectivity index (χ3v) is 5.88. The van der Waals surface area contributed by atoms with Crippen LogP contribution in [0, 0.1) is 11.6 Å². The molecule has 5 rings (SSSR count). The Bertz CT molecular complexity index is 1490. The number of nitrogens with one attached hydrogen (secondary N) is 2. The maximum absolute atomic E-state index is 14.4. The fraction of sp³-hybridized carbons (Fsp3) is 0.154. The summed E-state index contributed by atoms with van der Waals surface area (Å²) in [5.74, 6) is -1.12. The van der Waals surface area contributed by atoms with E-state index in [0.29, 0.717) is 43.2 Å². The summed E-state index contributed by atoms with van der Waals surface area (Å²) < 4.78 is 33.3. The zero-order valence-electron chi connectivity index (χ0n) is 19.3. The lowest BCUT2D eigenvalue weighted by molar-refractivity contribution is 0.103.